The lowest BCUT2D eigenvalue weighted by Gasteiger charge is -2.17. The van der Waals surface area contributed by atoms with Gasteiger partial charge in [-0.25, -0.2) is 0 Å². The first-order valence-electron chi connectivity index (χ1n) is 8.04. The quantitative estimate of drug-likeness (QED) is 0.845. The number of carbonyl (C=O) groups excluding carboxylic acids is 1. The van der Waals surface area contributed by atoms with Crippen LogP contribution in [-0.2, 0) is 9.59 Å². The maximum atomic E-state index is 12.4. The van der Waals surface area contributed by atoms with E-state index in [4.69, 9.17) is 4.74 Å². The summed E-state index contributed by atoms with van der Waals surface area (Å²) in [4.78, 5) is 23.7. The molecular weight excluding hydrogens is 294 g/mol. The fraction of sp³-hybridized carbons (Fsp3) is 0.556. The first-order chi connectivity index (χ1) is 10.8. The molecule has 0 saturated heterocycles. The minimum atomic E-state index is -0.867. The van der Waals surface area contributed by atoms with Gasteiger partial charge in [0, 0.05) is 12.1 Å². The number of aryl methyl sites for hydroxylation is 2. The lowest BCUT2D eigenvalue weighted by Crippen LogP contribution is -2.37. The largest absolute Gasteiger partial charge is 0.492 e. The number of carbonyl (C=O) groups is 2. The molecule has 5 heteroatoms. The lowest BCUT2D eigenvalue weighted by atomic mass is 9.95. The minimum absolute atomic E-state index is 0.156. The van der Waals surface area contributed by atoms with Crippen molar-refractivity contribution in [3.63, 3.8) is 0 Å². The summed E-state index contributed by atoms with van der Waals surface area (Å²) in [6, 6.07) is 3.95. The maximum absolute atomic E-state index is 12.4. The Morgan fingerprint density at radius 1 is 1.30 bits per heavy atom. The Bertz CT molecular complexity index is 609. The third kappa shape index (κ3) is 4.03. The number of amides is 1. The molecule has 1 heterocycles. The van der Waals surface area contributed by atoms with Crippen LogP contribution in [0.3, 0.4) is 0 Å². The zero-order valence-corrected chi connectivity index (χ0v) is 14.2. The molecule has 2 unspecified atom stereocenters. The van der Waals surface area contributed by atoms with Crippen molar-refractivity contribution in [1.29, 1.82) is 0 Å². The Kier molecular flexibility index (Phi) is 5.29. The second kappa shape index (κ2) is 7.02. The number of ether oxygens (including phenoxy) is 1. The van der Waals surface area contributed by atoms with E-state index in [1.807, 2.05) is 39.8 Å². The maximum Gasteiger partial charge on any atom is 0.308 e. The molecule has 1 aliphatic rings. The van der Waals surface area contributed by atoms with Crippen molar-refractivity contribution in [2.24, 2.45) is 11.8 Å². The van der Waals surface area contributed by atoms with Gasteiger partial charge in [-0.15, -0.1) is 0 Å². The van der Waals surface area contributed by atoms with E-state index < -0.39 is 11.9 Å². The number of hydrogen-bond donors (Lipinski definition) is 2. The lowest BCUT2D eigenvalue weighted by molar-refractivity contribution is -0.142. The van der Waals surface area contributed by atoms with E-state index in [9.17, 15) is 14.7 Å². The molecule has 1 amide bonds. The monoisotopic (exact) mass is 319 g/mol. The second-order valence-corrected chi connectivity index (χ2v) is 6.75. The number of benzene rings is 1. The van der Waals surface area contributed by atoms with Gasteiger partial charge in [0.25, 0.3) is 0 Å². The predicted molar refractivity (Wildman–Crippen MR) is 87.7 cm³/mol. The summed E-state index contributed by atoms with van der Waals surface area (Å²) in [5.41, 5.74) is 3.14. The number of hydrogen-bond acceptors (Lipinski definition) is 3. The van der Waals surface area contributed by atoms with Gasteiger partial charge in [0.05, 0.1) is 5.92 Å². The summed E-state index contributed by atoms with van der Waals surface area (Å²) in [7, 11) is 0. The molecule has 23 heavy (non-hydrogen) atoms. The van der Waals surface area contributed by atoms with E-state index in [0.717, 1.165) is 22.4 Å². The van der Waals surface area contributed by atoms with Crippen molar-refractivity contribution in [3.05, 3.63) is 28.8 Å². The average molecular weight is 319 g/mol. The van der Waals surface area contributed by atoms with Crippen LogP contribution in [0, 0.1) is 25.7 Å². The van der Waals surface area contributed by atoms with Crippen LogP contribution in [0.1, 0.15) is 42.9 Å². The highest BCUT2D eigenvalue weighted by Crippen LogP contribution is 2.36. The smallest absolute Gasteiger partial charge is 0.308 e. The van der Waals surface area contributed by atoms with Crippen molar-refractivity contribution in [3.8, 4) is 5.75 Å². The fourth-order valence-corrected chi connectivity index (χ4v) is 2.88. The highest BCUT2D eigenvalue weighted by Gasteiger charge is 2.31. The molecule has 0 bridgehead atoms. The molecule has 1 aliphatic heterocycles. The summed E-state index contributed by atoms with van der Waals surface area (Å²) >= 11 is 0. The van der Waals surface area contributed by atoms with E-state index in [1.165, 1.54) is 0 Å². The zero-order valence-electron chi connectivity index (χ0n) is 14.2. The highest BCUT2D eigenvalue weighted by atomic mass is 16.5. The molecule has 0 saturated carbocycles. The van der Waals surface area contributed by atoms with Crippen LogP contribution in [0.5, 0.6) is 5.75 Å². The minimum Gasteiger partial charge on any atom is -0.492 e. The van der Waals surface area contributed by atoms with Crippen LogP contribution in [0.25, 0.3) is 0 Å². The summed E-state index contributed by atoms with van der Waals surface area (Å²) in [6.45, 7) is 8.44. The topological polar surface area (TPSA) is 75.6 Å². The van der Waals surface area contributed by atoms with Crippen LogP contribution in [0.15, 0.2) is 12.1 Å². The molecule has 0 radical (unpaired) electrons. The molecule has 2 rings (SSSR count). The van der Waals surface area contributed by atoms with Crippen molar-refractivity contribution in [2.45, 2.75) is 40.0 Å². The number of rotatable bonds is 6. The standard InChI is InChI=1S/C18H25NO4/c1-10(2)5-13(18(21)22)8-19-17(20)15-9-23-16-7-12(4)11(3)6-14(15)16/h6-7,10,13,15H,5,8-9H2,1-4H3,(H,19,20)(H,21,22). The third-order valence-corrected chi connectivity index (χ3v) is 4.35. The summed E-state index contributed by atoms with van der Waals surface area (Å²) in [5, 5.41) is 12.0. The van der Waals surface area contributed by atoms with Crippen molar-refractivity contribution < 1.29 is 19.4 Å². The first kappa shape index (κ1) is 17.3. The fourth-order valence-electron chi connectivity index (χ4n) is 2.88. The summed E-state index contributed by atoms with van der Waals surface area (Å²) < 4.78 is 5.61. The van der Waals surface area contributed by atoms with Gasteiger partial charge in [-0.1, -0.05) is 19.9 Å². The predicted octanol–water partition coefficient (Wildman–Crippen LogP) is 2.64. The molecule has 5 nitrogen and oxygen atoms in total. The van der Waals surface area contributed by atoms with Gasteiger partial charge in [-0.05, 0) is 43.4 Å². The molecule has 126 valence electrons. The molecular formula is C18H25NO4. The van der Waals surface area contributed by atoms with E-state index in [2.05, 4.69) is 5.32 Å². The Labute approximate surface area is 137 Å². The van der Waals surface area contributed by atoms with Gasteiger partial charge in [-0.2, -0.15) is 0 Å². The highest BCUT2D eigenvalue weighted by molar-refractivity contribution is 5.86. The molecule has 0 aliphatic carbocycles. The Morgan fingerprint density at radius 3 is 2.57 bits per heavy atom. The van der Waals surface area contributed by atoms with Crippen LogP contribution >= 0.6 is 0 Å². The van der Waals surface area contributed by atoms with Gasteiger partial charge in [0.2, 0.25) is 5.91 Å². The molecule has 0 spiro atoms. The van der Waals surface area contributed by atoms with E-state index >= 15 is 0 Å². The number of aliphatic carboxylic acids is 1. The molecule has 1 aromatic carbocycles. The number of nitrogens with one attached hydrogen (secondary N) is 1. The van der Waals surface area contributed by atoms with Crippen molar-refractivity contribution >= 4 is 11.9 Å². The van der Waals surface area contributed by atoms with Crippen LogP contribution in [0.2, 0.25) is 0 Å². The number of carboxylic acids is 1. The first-order valence-corrected chi connectivity index (χ1v) is 8.04. The Morgan fingerprint density at radius 2 is 1.96 bits per heavy atom. The van der Waals surface area contributed by atoms with Crippen molar-refractivity contribution in [2.75, 3.05) is 13.2 Å². The zero-order chi connectivity index (χ0) is 17.1. The summed E-state index contributed by atoms with van der Waals surface area (Å²) in [6.07, 6.45) is 0.547. The molecule has 2 atom stereocenters. The van der Waals surface area contributed by atoms with Crippen LogP contribution < -0.4 is 10.1 Å². The second-order valence-electron chi connectivity index (χ2n) is 6.75. The van der Waals surface area contributed by atoms with Gasteiger partial charge in [-0.3, -0.25) is 9.59 Å². The van der Waals surface area contributed by atoms with E-state index in [1.54, 1.807) is 0 Å². The normalized spacial score (nSPS) is 17.5. The Hall–Kier alpha value is -2.04. The van der Waals surface area contributed by atoms with Crippen LogP contribution in [0.4, 0.5) is 0 Å². The third-order valence-electron chi connectivity index (χ3n) is 4.35. The van der Waals surface area contributed by atoms with E-state index in [-0.39, 0.29) is 24.3 Å². The molecule has 0 fully saturated rings. The van der Waals surface area contributed by atoms with Gasteiger partial charge in [0.15, 0.2) is 0 Å². The molecule has 0 aromatic heterocycles. The van der Waals surface area contributed by atoms with Gasteiger partial charge >= 0.3 is 5.97 Å². The number of carboxylic acid groups (broad SMARTS) is 1. The average Bonchev–Trinajstić information content (AvgIpc) is 2.85. The summed E-state index contributed by atoms with van der Waals surface area (Å²) in [5.74, 6) is -0.923. The Balaban J connectivity index is 2.03. The molecule has 1 aromatic rings. The molecule has 2 N–H and O–H groups in total. The van der Waals surface area contributed by atoms with Crippen LogP contribution in [-0.4, -0.2) is 30.1 Å². The number of fused-ring (bicyclic) bond motifs is 1. The SMILES string of the molecule is Cc1cc2c(cc1C)C(C(=O)NCC(CC(C)C)C(=O)O)CO2. The van der Waals surface area contributed by atoms with Gasteiger partial charge < -0.3 is 15.2 Å². The van der Waals surface area contributed by atoms with E-state index in [0.29, 0.717) is 13.0 Å². The van der Waals surface area contributed by atoms with Gasteiger partial charge in [0.1, 0.15) is 18.3 Å². The van der Waals surface area contributed by atoms with Crippen molar-refractivity contribution in [1.82, 2.24) is 5.32 Å².